The van der Waals surface area contributed by atoms with E-state index in [0.717, 1.165) is 6.42 Å². The van der Waals surface area contributed by atoms with Gasteiger partial charge < -0.3 is 9.80 Å². The summed E-state index contributed by atoms with van der Waals surface area (Å²) in [5, 5.41) is 1.35. The summed E-state index contributed by atoms with van der Waals surface area (Å²) < 4.78 is 2.80. The van der Waals surface area contributed by atoms with Crippen molar-refractivity contribution in [2.75, 3.05) is 9.80 Å². The van der Waals surface area contributed by atoms with Crippen molar-refractivity contribution in [1.82, 2.24) is 0 Å². The Morgan fingerprint density at radius 2 is 1.01 bits per heavy atom. The summed E-state index contributed by atoms with van der Waals surface area (Å²) in [7, 11) is 0. The molecule has 6 aromatic carbocycles. The molecule has 11 rings (SSSR count). The highest BCUT2D eigenvalue weighted by Crippen LogP contribution is 2.56. The quantitative estimate of drug-likeness (QED) is 0.163. The fourth-order valence-corrected chi connectivity index (χ4v) is 14.4. The lowest BCUT2D eigenvalue weighted by atomic mass is 9.35. The predicted molar refractivity (Wildman–Crippen MR) is 313 cm³/mol. The first-order valence-corrected chi connectivity index (χ1v) is 27.7. The third-order valence-corrected chi connectivity index (χ3v) is 19.1. The summed E-state index contributed by atoms with van der Waals surface area (Å²) in [6.07, 6.45) is 4.72. The molecule has 2 aliphatic carbocycles. The van der Waals surface area contributed by atoms with Crippen molar-refractivity contribution in [2.24, 2.45) is 0 Å². The van der Waals surface area contributed by atoms with Crippen molar-refractivity contribution in [3.63, 3.8) is 0 Å². The maximum atomic E-state index is 2.75. The van der Waals surface area contributed by atoms with E-state index in [1.54, 1.807) is 0 Å². The molecule has 0 atom stereocenters. The maximum absolute atomic E-state index is 2.75. The van der Waals surface area contributed by atoms with Crippen LogP contribution in [-0.2, 0) is 37.9 Å². The second kappa shape index (κ2) is 15.5. The van der Waals surface area contributed by atoms with Crippen LogP contribution in [0.5, 0.6) is 0 Å². The molecule has 4 aliphatic rings. The maximum Gasteiger partial charge on any atom is 0.264 e. The second-order valence-corrected chi connectivity index (χ2v) is 29.2. The Morgan fingerprint density at radius 1 is 0.479 bits per heavy atom. The zero-order valence-electron chi connectivity index (χ0n) is 46.5. The number of hydrogen-bond donors (Lipinski definition) is 0. The van der Waals surface area contributed by atoms with Crippen LogP contribution >= 0.6 is 11.3 Å². The fraction of sp³-hybridized carbons (Fsp3) is 0.433. The van der Waals surface area contributed by atoms with Crippen LogP contribution in [0.1, 0.15) is 188 Å². The lowest BCUT2D eigenvalue weighted by Crippen LogP contribution is -2.61. The van der Waals surface area contributed by atoms with Crippen LogP contribution in [0, 0.1) is 6.92 Å². The Kier molecular flexibility index (Phi) is 10.5. The molecule has 0 N–H and O–H groups in total. The zero-order valence-corrected chi connectivity index (χ0v) is 47.3. The minimum atomic E-state index is -0.0334. The van der Waals surface area contributed by atoms with Crippen LogP contribution in [0.4, 0.5) is 34.1 Å². The van der Waals surface area contributed by atoms with Gasteiger partial charge in [0.05, 0.1) is 11.4 Å². The van der Waals surface area contributed by atoms with E-state index in [1.165, 1.54) is 135 Å². The molecule has 2 nitrogen and oxygen atoms in total. The van der Waals surface area contributed by atoms with Crippen molar-refractivity contribution in [2.45, 2.75) is 188 Å². The summed E-state index contributed by atoms with van der Waals surface area (Å²) >= 11 is 2.03. The summed E-state index contributed by atoms with van der Waals surface area (Å²) in [6.45, 7) is 43.4. The monoisotopic (exact) mass is 955 g/mol. The Morgan fingerprint density at radius 3 is 1.65 bits per heavy atom. The highest BCUT2D eigenvalue weighted by molar-refractivity contribution is 7.33. The third-order valence-electron chi connectivity index (χ3n) is 17.9. The van der Waals surface area contributed by atoms with Gasteiger partial charge >= 0.3 is 0 Å². The minimum absolute atomic E-state index is 0.00860. The molecular weight excluding hydrogens is 876 g/mol. The van der Waals surface area contributed by atoms with Gasteiger partial charge in [0.2, 0.25) is 0 Å². The van der Waals surface area contributed by atoms with Crippen LogP contribution in [0.2, 0.25) is 0 Å². The van der Waals surface area contributed by atoms with Gasteiger partial charge in [-0.3, -0.25) is 0 Å². The third kappa shape index (κ3) is 7.52. The van der Waals surface area contributed by atoms with Crippen molar-refractivity contribution < 1.29 is 0 Å². The Bertz CT molecular complexity index is 3330. The van der Waals surface area contributed by atoms with Gasteiger partial charge in [-0.15, -0.1) is 11.3 Å². The van der Waals surface area contributed by atoms with Crippen molar-refractivity contribution in [3.8, 4) is 11.1 Å². The predicted octanol–water partition coefficient (Wildman–Crippen LogP) is 17.5. The number of fused-ring (bicyclic) bond motifs is 9. The minimum Gasteiger partial charge on any atom is -0.311 e. The van der Waals surface area contributed by atoms with Gasteiger partial charge in [-0.05, 0) is 180 Å². The lowest BCUT2D eigenvalue weighted by Gasteiger charge is -2.49. The first kappa shape index (κ1) is 48.2. The van der Waals surface area contributed by atoms with Gasteiger partial charge in [-0.1, -0.05) is 172 Å². The number of nitrogens with zero attached hydrogens (tertiary/aromatic N) is 2. The van der Waals surface area contributed by atoms with Gasteiger partial charge in [0.15, 0.2) is 0 Å². The first-order chi connectivity index (χ1) is 33.0. The normalized spacial score (nSPS) is 18.4. The average molecular weight is 955 g/mol. The molecule has 71 heavy (non-hydrogen) atoms. The van der Waals surface area contributed by atoms with Gasteiger partial charge in [0, 0.05) is 43.2 Å². The number of rotatable bonds is 3. The Hall–Kier alpha value is -5.06. The molecule has 0 radical (unpaired) electrons. The van der Waals surface area contributed by atoms with Crippen LogP contribution in [0.3, 0.4) is 0 Å². The van der Waals surface area contributed by atoms with E-state index in [4.69, 9.17) is 0 Å². The van der Waals surface area contributed by atoms with Crippen molar-refractivity contribution in [3.05, 3.63) is 148 Å². The molecule has 0 saturated carbocycles. The first-order valence-electron chi connectivity index (χ1n) is 26.9. The van der Waals surface area contributed by atoms with Gasteiger partial charge in [0.1, 0.15) is 0 Å². The van der Waals surface area contributed by atoms with Gasteiger partial charge in [-0.25, -0.2) is 0 Å². The van der Waals surface area contributed by atoms with E-state index in [9.17, 15) is 0 Å². The van der Waals surface area contributed by atoms with E-state index >= 15 is 0 Å². The van der Waals surface area contributed by atoms with E-state index in [0.29, 0.717) is 0 Å². The molecule has 3 heterocycles. The standard InChI is InChI=1S/C67H79BN2S/c1-40-35-53-57-54(36-40)70(52-29-22-43(62(5,6)7)38-46(52)41-19-26-48-50(37-41)66(15,16)32-31-64(48,11)12)58-47-39-44(63(8,9)10)23-30-55(47)71-60(58)68(57)51-28-27-49-56(67(17,18)34-33-65(49,13)14)59(51)69(53)45-24-20-42(21-25-45)61(2,3)4/h19-30,35-39H,31-34H2,1-18H3. The van der Waals surface area contributed by atoms with E-state index in [1.807, 2.05) is 11.3 Å². The molecule has 0 spiro atoms. The highest BCUT2D eigenvalue weighted by Gasteiger charge is 2.50. The summed E-state index contributed by atoms with van der Waals surface area (Å²) in [5.41, 5.74) is 24.9. The topological polar surface area (TPSA) is 6.48 Å². The van der Waals surface area contributed by atoms with Gasteiger partial charge in [0.25, 0.3) is 6.71 Å². The molecule has 0 amide bonds. The average Bonchev–Trinajstić information content (AvgIpc) is 3.66. The summed E-state index contributed by atoms with van der Waals surface area (Å²) in [4.78, 5) is 5.47. The molecular formula is C67H79BN2S. The van der Waals surface area contributed by atoms with E-state index < -0.39 is 0 Å². The largest absolute Gasteiger partial charge is 0.311 e. The molecule has 366 valence electrons. The number of aryl methyl sites for hydroxylation is 1. The molecule has 7 aromatic rings. The second-order valence-electron chi connectivity index (χ2n) is 28.1. The molecule has 0 bridgehead atoms. The lowest BCUT2D eigenvalue weighted by molar-refractivity contribution is 0.332. The fourth-order valence-electron chi connectivity index (χ4n) is 13.1. The molecule has 1 aromatic heterocycles. The number of thiophene rings is 1. The van der Waals surface area contributed by atoms with Crippen LogP contribution in [0.15, 0.2) is 103 Å². The number of anilines is 6. The molecule has 0 unspecified atom stereocenters. The SMILES string of the molecule is Cc1cc2c3c(c1)N(c1ccc(C(C)(C)C)cc1-c1ccc4c(c1)C(C)(C)CCC4(C)C)c1c(sc4ccc(C(C)(C)C)cc14)B3c1ccc3c(c1N2c1ccc(C(C)(C)C)cc1)C(C)(C)CCC3(C)C. The summed E-state index contributed by atoms with van der Waals surface area (Å²) in [6, 6.07) is 42.2. The summed E-state index contributed by atoms with van der Waals surface area (Å²) in [5.74, 6) is 0. The van der Waals surface area contributed by atoms with Gasteiger partial charge in [-0.2, -0.15) is 0 Å². The van der Waals surface area contributed by atoms with Crippen LogP contribution < -0.4 is 25.5 Å². The molecule has 0 fully saturated rings. The molecule has 2 aliphatic heterocycles. The zero-order chi connectivity index (χ0) is 50.9. The van der Waals surface area contributed by atoms with E-state index in [2.05, 4.69) is 238 Å². The van der Waals surface area contributed by atoms with Crippen molar-refractivity contribution in [1.29, 1.82) is 0 Å². The van der Waals surface area contributed by atoms with Crippen LogP contribution in [-0.4, -0.2) is 6.71 Å². The molecule has 4 heteroatoms. The smallest absolute Gasteiger partial charge is 0.264 e. The van der Waals surface area contributed by atoms with E-state index in [-0.39, 0.29) is 44.6 Å². The Balaban J connectivity index is 1.28. The highest BCUT2D eigenvalue weighted by atomic mass is 32.1. The van der Waals surface area contributed by atoms with Crippen molar-refractivity contribution >= 4 is 78.0 Å². The van der Waals surface area contributed by atoms with Crippen LogP contribution in [0.25, 0.3) is 21.2 Å². The Labute approximate surface area is 432 Å². The number of hydrogen-bond acceptors (Lipinski definition) is 3. The number of benzene rings is 6. The molecule has 0 saturated heterocycles.